The molecule has 0 aliphatic rings. The molecular formula is C12H24N4. The molecule has 0 aromatic carbocycles. The standard InChI is InChI=1S/C12H24N4/c1-4-16(5-2)9-6-11(13)10-12-7-8-15(3)14-12/h7-8,11H,4-6,9-10,13H2,1-3H3. The van der Waals surface area contributed by atoms with Crippen LogP contribution in [0.25, 0.3) is 0 Å². The second-order valence-corrected chi connectivity index (χ2v) is 4.26. The van der Waals surface area contributed by atoms with Crippen LogP contribution >= 0.6 is 0 Å². The van der Waals surface area contributed by atoms with Gasteiger partial charge in [-0.15, -0.1) is 0 Å². The molecule has 16 heavy (non-hydrogen) atoms. The van der Waals surface area contributed by atoms with Crippen LogP contribution in [0.2, 0.25) is 0 Å². The van der Waals surface area contributed by atoms with Gasteiger partial charge in [-0.25, -0.2) is 0 Å². The van der Waals surface area contributed by atoms with Crippen LogP contribution in [0.4, 0.5) is 0 Å². The SMILES string of the molecule is CCN(CC)CCC(N)Cc1ccn(C)n1. The van der Waals surface area contributed by atoms with Crippen molar-refractivity contribution in [1.82, 2.24) is 14.7 Å². The molecule has 0 amide bonds. The molecule has 4 nitrogen and oxygen atoms in total. The smallest absolute Gasteiger partial charge is 0.0639 e. The van der Waals surface area contributed by atoms with E-state index >= 15 is 0 Å². The molecule has 0 saturated carbocycles. The summed E-state index contributed by atoms with van der Waals surface area (Å²) < 4.78 is 1.83. The van der Waals surface area contributed by atoms with E-state index in [1.165, 1.54) is 0 Å². The molecule has 0 aliphatic carbocycles. The van der Waals surface area contributed by atoms with Gasteiger partial charge < -0.3 is 10.6 Å². The number of rotatable bonds is 7. The van der Waals surface area contributed by atoms with Gasteiger partial charge in [-0.1, -0.05) is 13.8 Å². The van der Waals surface area contributed by atoms with E-state index < -0.39 is 0 Å². The maximum Gasteiger partial charge on any atom is 0.0639 e. The Kier molecular flexibility index (Phi) is 5.49. The molecule has 0 saturated heterocycles. The molecule has 0 bridgehead atoms. The fraction of sp³-hybridized carbons (Fsp3) is 0.750. The molecule has 1 aromatic heterocycles. The van der Waals surface area contributed by atoms with E-state index in [0.717, 1.165) is 38.2 Å². The van der Waals surface area contributed by atoms with E-state index in [9.17, 15) is 0 Å². The lowest BCUT2D eigenvalue weighted by atomic mass is 10.1. The average molecular weight is 224 g/mol. The third kappa shape index (κ3) is 4.33. The molecule has 0 aliphatic heterocycles. The highest BCUT2D eigenvalue weighted by molar-refractivity contribution is 5.00. The van der Waals surface area contributed by atoms with Gasteiger partial charge in [0.25, 0.3) is 0 Å². The van der Waals surface area contributed by atoms with E-state index in [-0.39, 0.29) is 6.04 Å². The minimum Gasteiger partial charge on any atom is -0.327 e. The number of aryl methyl sites for hydroxylation is 1. The largest absolute Gasteiger partial charge is 0.327 e. The van der Waals surface area contributed by atoms with Crippen LogP contribution in [-0.2, 0) is 13.5 Å². The summed E-state index contributed by atoms with van der Waals surface area (Å²) in [5.74, 6) is 0. The van der Waals surface area contributed by atoms with E-state index in [1.54, 1.807) is 0 Å². The van der Waals surface area contributed by atoms with E-state index in [2.05, 4.69) is 23.8 Å². The van der Waals surface area contributed by atoms with Gasteiger partial charge in [-0.3, -0.25) is 4.68 Å². The molecule has 0 fully saturated rings. The fourth-order valence-corrected chi connectivity index (χ4v) is 1.83. The first kappa shape index (κ1) is 13.2. The first-order valence-electron chi connectivity index (χ1n) is 6.12. The van der Waals surface area contributed by atoms with Gasteiger partial charge in [0.2, 0.25) is 0 Å². The zero-order valence-corrected chi connectivity index (χ0v) is 10.7. The van der Waals surface area contributed by atoms with E-state index in [1.807, 2.05) is 24.0 Å². The zero-order valence-electron chi connectivity index (χ0n) is 10.7. The van der Waals surface area contributed by atoms with Crippen molar-refractivity contribution in [3.05, 3.63) is 18.0 Å². The first-order chi connectivity index (χ1) is 7.65. The topological polar surface area (TPSA) is 47.1 Å². The highest BCUT2D eigenvalue weighted by atomic mass is 15.2. The Labute approximate surface area is 98.4 Å². The number of hydrogen-bond acceptors (Lipinski definition) is 3. The van der Waals surface area contributed by atoms with Crippen molar-refractivity contribution >= 4 is 0 Å². The van der Waals surface area contributed by atoms with Crippen LogP contribution in [0, 0.1) is 0 Å². The minimum absolute atomic E-state index is 0.218. The monoisotopic (exact) mass is 224 g/mol. The van der Waals surface area contributed by atoms with Gasteiger partial charge in [0.1, 0.15) is 0 Å². The van der Waals surface area contributed by atoms with E-state index in [0.29, 0.717) is 0 Å². The normalized spacial score (nSPS) is 13.3. The van der Waals surface area contributed by atoms with Gasteiger partial charge in [-0.2, -0.15) is 5.10 Å². The molecule has 4 heteroatoms. The van der Waals surface area contributed by atoms with Gasteiger partial charge in [0.05, 0.1) is 5.69 Å². The molecular weight excluding hydrogens is 200 g/mol. The highest BCUT2D eigenvalue weighted by Gasteiger charge is 2.08. The second-order valence-electron chi connectivity index (χ2n) is 4.26. The number of nitrogens with zero attached hydrogens (tertiary/aromatic N) is 3. The summed E-state index contributed by atoms with van der Waals surface area (Å²) in [6.45, 7) is 7.67. The number of aromatic nitrogens is 2. The van der Waals surface area contributed by atoms with Gasteiger partial charge in [-0.05, 0) is 32.1 Å². The van der Waals surface area contributed by atoms with Crippen molar-refractivity contribution in [2.75, 3.05) is 19.6 Å². The van der Waals surface area contributed by atoms with Crippen molar-refractivity contribution < 1.29 is 0 Å². The summed E-state index contributed by atoms with van der Waals surface area (Å²) in [6.07, 6.45) is 3.88. The summed E-state index contributed by atoms with van der Waals surface area (Å²) >= 11 is 0. The maximum absolute atomic E-state index is 6.10. The second kappa shape index (κ2) is 6.66. The molecule has 2 N–H and O–H groups in total. The molecule has 1 unspecified atom stereocenters. The van der Waals surface area contributed by atoms with Gasteiger partial charge in [0.15, 0.2) is 0 Å². The van der Waals surface area contributed by atoms with Crippen molar-refractivity contribution in [3.8, 4) is 0 Å². The Hall–Kier alpha value is -0.870. The van der Waals surface area contributed by atoms with Crippen molar-refractivity contribution in [3.63, 3.8) is 0 Å². The summed E-state index contributed by atoms with van der Waals surface area (Å²) in [6, 6.07) is 2.26. The van der Waals surface area contributed by atoms with Crippen molar-refractivity contribution in [1.29, 1.82) is 0 Å². The van der Waals surface area contributed by atoms with Crippen molar-refractivity contribution in [2.45, 2.75) is 32.7 Å². The third-order valence-corrected chi connectivity index (χ3v) is 2.95. The minimum atomic E-state index is 0.218. The Morgan fingerprint density at radius 2 is 2.12 bits per heavy atom. The Morgan fingerprint density at radius 3 is 2.62 bits per heavy atom. The lowest BCUT2D eigenvalue weighted by molar-refractivity contribution is 0.289. The molecule has 1 aromatic rings. The lowest BCUT2D eigenvalue weighted by Gasteiger charge is -2.20. The zero-order chi connectivity index (χ0) is 12.0. The molecule has 0 radical (unpaired) electrons. The predicted molar refractivity (Wildman–Crippen MR) is 67.3 cm³/mol. The van der Waals surface area contributed by atoms with Crippen LogP contribution < -0.4 is 5.73 Å². The molecule has 1 atom stereocenters. The number of hydrogen-bond donors (Lipinski definition) is 1. The fourth-order valence-electron chi connectivity index (χ4n) is 1.83. The Balaban J connectivity index is 2.27. The average Bonchev–Trinajstić information content (AvgIpc) is 2.65. The van der Waals surface area contributed by atoms with Crippen LogP contribution in [-0.4, -0.2) is 40.4 Å². The third-order valence-electron chi connectivity index (χ3n) is 2.95. The molecule has 1 heterocycles. The summed E-state index contributed by atoms with van der Waals surface area (Å²) in [7, 11) is 1.94. The predicted octanol–water partition coefficient (Wildman–Crippen LogP) is 1.02. The Bertz CT molecular complexity index is 291. The number of nitrogens with two attached hydrogens (primary N) is 1. The molecule has 92 valence electrons. The van der Waals surface area contributed by atoms with Crippen LogP contribution in [0.3, 0.4) is 0 Å². The lowest BCUT2D eigenvalue weighted by Crippen LogP contribution is -2.31. The maximum atomic E-state index is 6.10. The summed E-state index contributed by atoms with van der Waals surface area (Å²) in [5, 5.41) is 4.34. The van der Waals surface area contributed by atoms with Crippen LogP contribution in [0.5, 0.6) is 0 Å². The van der Waals surface area contributed by atoms with Crippen LogP contribution in [0.15, 0.2) is 12.3 Å². The van der Waals surface area contributed by atoms with Gasteiger partial charge >= 0.3 is 0 Å². The van der Waals surface area contributed by atoms with E-state index in [4.69, 9.17) is 5.73 Å². The van der Waals surface area contributed by atoms with Gasteiger partial charge in [0, 0.05) is 25.7 Å². The van der Waals surface area contributed by atoms with Crippen LogP contribution in [0.1, 0.15) is 26.0 Å². The Morgan fingerprint density at radius 1 is 1.44 bits per heavy atom. The first-order valence-corrected chi connectivity index (χ1v) is 6.12. The van der Waals surface area contributed by atoms with Crippen molar-refractivity contribution in [2.24, 2.45) is 12.8 Å². The summed E-state index contributed by atoms with van der Waals surface area (Å²) in [5.41, 5.74) is 7.19. The molecule has 0 spiro atoms. The highest BCUT2D eigenvalue weighted by Crippen LogP contribution is 2.02. The quantitative estimate of drug-likeness (QED) is 0.752. The summed E-state index contributed by atoms with van der Waals surface area (Å²) in [4.78, 5) is 2.40. The molecule has 1 rings (SSSR count).